The molecule has 23 heavy (non-hydrogen) atoms. The van der Waals surface area contributed by atoms with E-state index in [-0.39, 0.29) is 0 Å². The van der Waals surface area contributed by atoms with E-state index >= 15 is 0 Å². The lowest BCUT2D eigenvalue weighted by atomic mass is 9.84. The average Bonchev–Trinajstić information content (AvgIpc) is 2.89. The molecule has 0 atom stereocenters. The van der Waals surface area contributed by atoms with Crippen molar-refractivity contribution in [3.63, 3.8) is 0 Å². The molecule has 0 saturated carbocycles. The first-order chi connectivity index (χ1) is 10.9. The van der Waals surface area contributed by atoms with Crippen molar-refractivity contribution in [2.45, 2.75) is 12.8 Å². The number of hydrogen-bond acceptors (Lipinski definition) is 11. The molecule has 3 aliphatic heterocycles. The van der Waals surface area contributed by atoms with Crippen LogP contribution in [0.4, 0.5) is 0 Å². The van der Waals surface area contributed by atoms with Gasteiger partial charge in [0.1, 0.15) is 6.54 Å². The van der Waals surface area contributed by atoms with Crippen molar-refractivity contribution in [3.8, 4) is 0 Å². The number of aliphatic hydroxyl groups is 1. The van der Waals surface area contributed by atoms with Gasteiger partial charge in [-0.3, -0.25) is 0 Å². The van der Waals surface area contributed by atoms with E-state index in [1.165, 1.54) is 25.9 Å². The Bertz CT molecular complexity index is 316. The summed E-state index contributed by atoms with van der Waals surface area (Å²) in [6.45, 7) is 0.661. The van der Waals surface area contributed by atoms with Gasteiger partial charge >= 0.3 is 36.2 Å². The SMILES string of the molecule is OB1OB(O)O[B-]2(O1)OB(O)OB(O)O2.OCC[NH+]1CCCC1. The predicted octanol–water partition coefficient (Wildman–Crippen LogP) is -5.88. The summed E-state index contributed by atoms with van der Waals surface area (Å²) in [6.07, 6.45) is 2.71. The van der Waals surface area contributed by atoms with Gasteiger partial charge in [-0.05, 0) is 0 Å². The second kappa shape index (κ2) is 8.80. The zero-order chi connectivity index (χ0) is 16.9. The topological polar surface area (TPSA) is 161 Å². The fraction of sp³-hybridized carbons (Fsp3) is 1.00. The molecule has 3 heterocycles. The maximum Gasteiger partial charge on any atom is 0.582 e. The highest BCUT2D eigenvalue weighted by Crippen LogP contribution is 2.23. The lowest BCUT2D eigenvalue weighted by molar-refractivity contribution is -0.887. The van der Waals surface area contributed by atoms with Crippen molar-refractivity contribution in [1.82, 2.24) is 0 Å². The van der Waals surface area contributed by atoms with E-state index < -0.39 is 36.2 Å². The van der Waals surface area contributed by atoms with Crippen LogP contribution in [0.5, 0.6) is 0 Å². The molecule has 3 aliphatic rings. The third-order valence-electron chi connectivity index (χ3n) is 3.37. The van der Waals surface area contributed by atoms with Crippen LogP contribution < -0.4 is 4.90 Å². The van der Waals surface area contributed by atoms with Gasteiger partial charge in [-0.25, -0.2) is 0 Å². The van der Waals surface area contributed by atoms with Gasteiger partial charge in [-0.1, -0.05) is 0 Å². The zero-order valence-corrected chi connectivity index (χ0v) is 12.3. The molecule has 3 fully saturated rings. The summed E-state index contributed by atoms with van der Waals surface area (Å²) in [5.41, 5.74) is 0. The van der Waals surface area contributed by atoms with E-state index in [2.05, 4.69) is 27.4 Å². The largest absolute Gasteiger partial charge is 0.582 e. The maximum atomic E-state index is 8.94. The van der Waals surface area contributed by atoms with Crippen LogP contribution in [0.25, 0.3) is 0 Å². The van der Waals surface area contributed by atoms with Gasteiger partial charge in [-0.2, -0.15) is 0 Å². The van der Waals surface area contributed by atoms with Crippen LogP contribution in [0.3, 0.4) is 0 Å². The van der Waals surface area contributed by atoms with Crippen LogP contribution in [0.1, 0.15) is 12.8 Å². The summed E-state index contributed by atoms with van der Waals surface area (Å²) in [5, 5.41) is 44.3. The van der Waals surface area contributed by atoms with E-state index in [0.29, 0.717) is 6.61 Å². The van der Waals surface area contributed by atoms with Crippen LogP contribution in [-0.2, 0) is 27.4 Å². The maximum absolute atomic E-state index is 8.94. The van der Waals surface area contributed by atoms with Gasteiger partial charge in [0.25, 0.3) is 0 Å². The predicted molar refractivity (Wildman–Crippen MR) is 76.0 cm³/mol. The number of likely N-dealkylation sites (tertiary alicyclic amines) is 1. The highest BCUT2D eigenvalue weighted by Gasteiger charge is 2.53. The number of hydrogen-bond donors (Lipinski definition) is 6. The average molecular weight is 334 g/mol. The van der Waals surface area contributed by atoms with E-state index in [4.69, 9.17) is 25.2 Å². The second-order valence-electron chi connectivity index (χ2n) is 5.05. The fourth-order valence-corrected chi connectivity index (χ4v) is 2.37. The van der Waals surface area contributed by atoms with E-state index in [0.717, 1.165) is 6.54 Å². The third-order valence-corrected chi connectivity index (χ3v) is 3.37. The molecule has 17 heteroatoms. The Balaban J connectivity index is 0.000000203. The second-order valence-corrected chi connectivity index (χ2v) is 5.05. The molecule has 0 bridgehead atoms. The fourth-order valence-electron chi connectivity index (χ4n) is 2.37. The normalized spacial score (nSPS) is 24.9. The standard InChI is InChI=1S/C6H13NO.B5H4O10/c8-6-5-7-3-1-2-4-7;6-1-10-2(7)13-5(12-1)14-3(8)11-4(9)15-5/h8H,1-6H2;6-9H/q;-1/p+1. The van der Waals surface area contributed by atoms with E-state index in [9.17, 15) is 0 Å². The van der Waals surface area contributed by atoms with E-state index in [1.807, 2.05) is 0 Å². The molecule has 0 aromatic rings. The molecule has 3 rings (SSSR count). The lowest BCUT2D eigenvalue weighted by Gasteiger charge is -2.49. The first-order valence-corrected chi connectivity index (χ1v) is 7.24. The van der Waals surface area contributed by atoms with Crippen molar-refractivity contribution in [2.75, 3.05) is 26.2 Å². The molecule has 0 aromatic heterocycles. The molecule has 1 spiro atoms. The molecule has 0 radical (unpaired) electrons. The Kier molecular flexibility index (Phi) is 7.33. The van der Waals surface area contributed by atoms with Crippen molar-refractivity contribution < 1.29 is 57.5 Å². The smallest absolute Gasteiger partial charge is 0.539 e. The zero-order valence-electron chi connectivity index (χ0n) is 12.3. The van der Waals surface area contributed by atoms with Crippen molar-refractivity contribution in [1.29, 1.82) is 0 Å². The van der Waals surface area contributed by atoms with Gasteiger partial charge in [0.15, 0.2) is 0 Å². The Labute approximate surface area is 133 Å². The van der Waals surface area contributed by atoms with Crippen LogP contribution in [0.15, 0.2) is 0 Å². The molecule has 6 N–H and O–H groups in total. The summed E-state index contributed by atoms with van der Waals surface area (Å²) >= 11 is 0. The number of aliphatic hydroxyl groups excluding tert-OH is 1. The van der Waals surface area contributed by atoms with Gasteiger partial charge in [0, 0.05) is 12.8 Å². The van der Waals surface area contributed by atoms with Crippen molar-refractivity contribution in [3.05, 3.63) is 0 Å². The summed E-state index contributed by atoms with van der Waals surface area (Å²) in [6, 6.07) is 0. The summed E-state index contributed by atoms with van der Waals surface area (Å²) in [4.78, 5) is 1.58. The monoisotopic (exact) mass is 335 g/mol. The lowest BCUT2D eigenvalue weighted by Crippen LogP contribution is -3.10. The summed E-state index contributed by atoms with van der Waals surface area (Å²) in [5.74, 6) is 0. The summed E-state index contributed by atoms with van der Waals surface area (Å²) in [7, 11) is -7.59. The Morgan fingerprint density at radius 1 is 0.783 bits per heavy atom. The molecule has 0 amide bonds. The quantitative estimate of drug-likeness (QED) is 0.267. The molecule has 12 nitrogen and oxygen atoms in total. The first-order valence-electron chi connectivity index (χ1n) is 7.24. The summed E-state index contributed by atoms with van der Waals surface area (Å²) < 4.78 is 26.4. The minimum atomic E-state index is -3.21. The minimum Gasteiger partial charge on any atom is -0.539 e. The highest BCUT2D eigenvalue weighted by atomic mass is 17.0. The van der Waals surface area contributed by atoms with Crippen LogP contribution in [-0.4, -0.2) is 87.7 Å². The Morgan fingerprint density at radius 3 is 1.52 bits per heavy atom. The van der Waals surface area contributed by atoms with Crippen LogP contribution in [0, 0.1) is 0 Å². The van der Waals surface area contributed by atoms with Crippen LogP contribution in [0.2, 0.25) is 0 Å². The first kappa shape index (κ1) is 19.2. The molecule has 0 aliphatic carbocycles. The molecule has 3 saturated heterocycles. The molecular weight excluding hydrogens is 316 g/mol. The van der Waals surface area contributed by atoms with Gasteiger partial charge in [0.05, 0.1) is 19.7 Å². The van der Waals surface area contributed by atoms with Gasteiger partial charge in [0.2, 0.25) is 0 Å². The number of nitrogens with one attached hydrogen (secondary N) is 1. The van der Waals surface area contributed by atoms with Gasteiger partial charge < -0.3 is 57.5 Å². The van der Waals surface area contributed by atoms with Crippen molar-refractivity contribution in [2.24, 2.45) is 0 Å². The van der Waals surface area contributed by atoms with Gasteiger partial charge in [-0.15, -0.1) is 0 Å². The molecule has 128 valence electrons. The number of rotatable bonds is 2. The van der Waals surface area contributed by atoms with E-state index in [1.54, 1.807) is 4.90 Å². The minimum absolute atomic E-state index is 0.356. The highest BCUT2D eigenvalue weighted by molar-refractivity contribution is 6.81. The third kappa shape index (κ3) is 6.01. The Hall–Kier alpha value is -0.155. The Morgan fingerprint density at radius 2 is 1.17 bits per heavy atom. The number of quaternary nitrogens is 1. The molecule has 0 unspecified atom stereocenters. The van der Waals surface area contributed by atoms with Crippen LogP contribution >= 0.6 is 0 Å². The molecule has 0 aromatic carbocycles. The molecular formula is C6H18B5NO11. The van der Waals surface area contributed by atoms with Crippen molar-refractivity contribution >= 4 is 36.2 Å².